The Morgan fingerprint density at radius 2 is 2.47 bits per heavy atom. The topological polar surface area (TPSA) is 61.0 Å². The van der Waals surface area contributed by atoms with Gasteiger partial charge in [-0.25, -0.2) is 4.98 Å². The zero-order valence-corrected chi connectivity index (χ0v) is 9.21. The average molecular weight is 229 g/mol. The predicted molar refractivity (Wildman–Crippen MR) is 59.5 cm³/mol. The average Bonchev–Trinajstić information content (AvgIpc) is 2.22. The van der Waals surface area contributed by atoms with E-state index < -0.39 is 0 Å². The Kier molecular flexibility index (Phi) is 2.93. The highest BCUT2D eigenvalue weighted by Crippen LogP contribution is 2.19. The summed E-state index contributed by atoms with van der Waals surface area (Å²) in [5, 5.41) is 3.49. The summed E-state index contributed by atoms with van der Waals surface area (Å²) in [6.07, 6.45) is 1.39. The quantitative estimate of drug-likeness (QED) is 0.722. The largest absolute Gasteiger partial charge is 0.352 e. The monoisotopic (exact) mass is 228 g/mol. The highest BCUT2D eigenvalue weighted by atomic mass is 35.5. The minimum Gasteiger partial charge on any atom is -0.352 e. The highest BCUT2D eigenvalue weighted by molar-refractivity contribution is 6.32. The van der Waals surface area contributed by atoms with Crippen LogP contribution in [0.15, 0.2) is 11.1 Å². The van der Waals surface area contributed by atoms with Crippen LogP contribution in [-0.2, 0) is 0 Å². The number of H-pyrrole nitrogens is 1. The minimum atomic E-state index is -0.284. The molecule has 0 aliphatic carbocycles. The third-order valence-corrected chi connectivity index (χ3v) is 2.79. The summed E-state index contributed by atoms with van der Waals surface area (Å²) in [6, 6.07) is 0.385. The molecule has 0 spiro atoms. The number of aromatic nitrogens is 2. The number of halogens is 1. The first-order valence-corrected chi connectivity index (χ1v) is 5.28. The predicted octanol–water partition coefficient (Wildman–Crippen LogP) is 0.221. The Bertz CT molecular complexity index is 405. The molecule has 1 aromatic rings. The van der Waals surface area contributed by atoms with E-state index in [-0.39, 0.29) is 10.6 Å². The number of nitrogens with one attached hydrogen (secondary N) is 2. The van der Waals surface area contributed by atoms with E-state index in [1.165, 1.54) is 6.33 Å². The highest BCUT2D eigenvalue weighted by Gasteiger charge is 2.19. The van der Waals surface area contributed by atoms with E-state index in [2.05, 4.69) is 22.2 Å². The lowest BCUT2D eigenvalue weighted by Gasteiger charge is -2.32. The van der Waals surface area contributed by atoms with Crippen molar-refractivity contribution in [3.8, 4) is 0 Å². The number of rotatable bonds is 1. The summed E-state index contributed by atoms with van der Waals surface area (Å²) in [4.78, 5) is 19.9. The van der Waals surface area contributed by atoms with Crippen molar-refractivity contribution < 1.29 is 0 Å². The summed E-state index contributed by atoms with van der Waals surface area (Å²) in [6.45, 7) is 4.61. The first-order valence-electron chi connectivity index (χ1n) is 4.90. The number of piperazine rings is 1. The molecule has 1 saturated heterocycles. The van der Waals surface area contributed by atoms with Gasteiger partial charge in [-0.05, 0) is 6.92 Å². The minimum absolute atomic E-state index is 0.173. The molecule has 2 rings (SSSR count). The Morgan fingerprint density at radius 1 is 1.67 bits per heavy atom. The van der Waals surface area contributed by atoms with Crippen LogP contribution < -0.4 is 15.8 Å². The van der Waals surface area contributed by atoms with Crippen molar-refractivity contribution in [2.24, 2.45) is 0 Å². The van der Waals surface area contributed by atoms with Crippen LogP contribution >= 0.6 is 11.6 Å². The molecule has 82 valence electrons. The van der Waals surface area contributed by atoms with Gasteiger partial charge in [-0.15, -0.1) is 0 Å². The second-order valence-corrected chi connectivity index (χ2v) is 4.05. The molecule has 0 unspecified atom stereocenters. The molecule has 0 saturated carbocycles. The number of hydrogen-bond acceptors (Lipinski definition) is 4. The van der Waals surface area contributed by atoms with E-state index in [1.807, 2.05) is 4.90 Å². The molecular weight excluding hydrogens is 216 g/mol. The second-order valence-electron chi connectivity index (χ2n) is 3.67. The van der Waals surface area contributed by atoms with E-state index in [4.69, 9.17) is 11.6 Å². The zero-order chi connectivity index (χ0) is 10.8. The van der Waals surface area contributed by atoms with Gasteiger partial charge in [-0.3, -0.25) is 4.79 Å². The molecule has 2 heterocycles. The van der Waals surface area contributed by atoms with Crippen LogP contribution in [-0.4, -0.2) is 35.6 Å². The van der Waals surface area contributed by atoms with Gasteiger partial charge in [0.15, 0.2) is 5.82 Å². The van der Waals surface area contributed by atoms with Crippen molar-refractivity contribution in [1.29, 1.82) is 0 Å². The fourth-order valence-corrected chi connectivity index (χ4v) is 1.94. The van der Waals surface area contributed by atoms with Crippen molar-refractivity contribution in [3.63, 3.8) is 0 Å². The van der Waals surface area contributed by atoms with Gasteiger partial charge >= 0.3 is 0 Å². The molecule has 0 amide bonds. The second kappa shape index (κ2) is 4.20. The van der Waals surface area contributed by atoms with E-state index in [0.717, 1.165) is 19.6 Å². The SMILES string of the molecule is C[C@@H]1CN(c2nc[nH]c(=O)c2Cl)CCN1. The van der Waals surface area contributed by atoms with Crippen LogP contribution in [0.1, 0.15) is 6.92 Å². The fourth-order valence-electron chi connectivity index (χ4n) is 1.72. The van der Waals surface area contributed by atoms with Crippen molar-refractivity contribution in [1.82, 2.24) is 15.3 Å². The van der Waals surface area contributed by atoms with Crippen LogP contribution in [0, 0.1) is 0 Å². The van der Waals surface area contributed by atoms with Crippen LogP contribution in [0.5, 0.6) is 0 Å². The van der Waals surface area contributed by atoms with Gasteiger partial charge in [0, 0.05) is 25.7 Å². The molecule has 2 N–H and O–H groups in total. The third-order valence-electron chi connectivity index (χ3n) is 2.45. The normalized spacial score (nSPS) is 21.7. The summed E-state index contributed by atoms with van der Waals surface area (Å²) in [7, 11) is 0. The molecular formula is C9H13ClN4O. The Balaban J connectivity index is 2.28. The molecule has 6 heteroatoms. The van der Waals surface area contributed by atoms with Crippen LogP contribution in [0.25, 0.3) is 0 Å². The first-order chi connectivity index (χ1) is 7.18. The van der Waals surface area contributed by atoms with Gasteiger partial charge in [0.2, 0.25) is 0 Å². The molecule has 1 fully saturated rings. The molecule has 0 radical (unpaired) electrons. The van der Waals surface area contributed by atoms with Crippen molar-refractivity contribution in [2.45, 2.75) is 13.0 Å². The van der Waals surface area contributed by atoms with Gasteiger partial charge in [0.1, 0.15) is 5.02 Å². The Labute approximate surface area is 92.5 Å². The van der Waals surface area contributed by atoms with Crippen molar-refractivity contribution >= 4 is 17.4 Å². The standard InChI is InChI=1S/C9H13ClN4O/c1-6-4-14(3-2-11-6)8-7(10)9(15)13-5-12-8/h5-6,11H,2-4H2,1H3,(H,12,13,15)/t6-/m1/s1. The number of nitrogens with zero attached hydrogens (tertiary/aromatic N) is 2. The molecule has 1 aliphatic heterocycles. The van der Waals surface area contributed by atoms with Gasteiger partial charge in [0.25, 0.3) is 5.56 Å². The number of hydrogen-bond donors (Lipinski definition) is 2. The molecule has 1 aliphatic rings. The summed E-state index contributed by atoms with van der Waals surface area (Å²) in [5.41, 5.74) is -0.284. The molecule has 1 atom stereocenters. The van der Waals surface area contributed by atoms with Crippen LogP contribution in [0.4, 0.5) is 5.82 Å². The van der Waals surface area contributed by atoms with Crippen LogP contribution in [0.3, 0.4) is 0 Å². The maximum atomic E-state index is 11.3. The molecule has 1 aromatic heterocycles. The Morgan fingerprint density at radius 3 is 3.20 bits per heavy atom. The number of anilines is 1. The lowest BCUT2D eigenvalue weighted by Crippen LogP contribution is -2.49. The van der Waals surface area contributed by atoms with Crippen LogP contribution in [0.2, 0.25) is 5.02 Å². The molecule has 0 bridgehead atoms. The lowest BCUT2D eigenvalue weighted by molar-refractivity contribution is 0.482. The molecule has 0 aromatic carbocycles. The van der Waals surface area contributed by atoms with E-state index >= 15 is 0 Å². The maximum Gasteiger partial charge on any atom is 0.271 e. The summed E-state index contributed by atoms with van der Waals surface area (Å²) >= 11 is 5.91. The molecule has 15 heavy (non-hydrogen) atoms. The molecule has 5 nitrogen and oxygen atoms in total. The van der Waals surface area contributed by atoms with E-state index in [0.29, 0.717) is 11.9 Å². The maximum absolute atomic E-state index is 11.3. The van der Waals surface area contributed by atoms with Crippen molar-refractivity contribution in [3.05, 3.63) is 21.7 Å². The fraction of sp³-hybridized carbons (Fsp3) is 0.556. The van der Waals surface area contributed by atoms with Gasteiger partial charge in [0.05, 0.1) is 6.33 Å². The van der Waals surface area contributed by atoms with Crippen molar-refractivity contribution in [2.75, 3.05) is 24.5 Å². The first kappa shape index (κ1) is 10.4. The summed E-state index contributed by atoms with van der Waals surface area (Å²) < 4.78 is 0. The van der Waals surface area contributed by atoms with Gasteiger partial charge in [-0.1, -0.05) is 11.6 Å². The Hall–Kier alpha value is -1.07. The summed E-state index contributed by atoms with van der Waals surface area (Å²) in [5.74, 6) is 0.578. The van der Waals surface area contributed by atoms with E-state index in [9.17, 15) is 4.79 Å². The smallest absolute Gasteiger partial charge is 0.271 e. The van der Waals surface area contributed by atoms with Gasteiger partial charge < -0.3 is 15.2 Å². The third kappa shape index (κ3) is 2.13. The lowest BCUT2D eigenvalue weighted by atomic mass is 10.2. The zero-order valence-electron chi connectivity index (χ0n) is 8.46. The van der Waals surface area contributed by atoms with Gasteiger partial charge in [-0.2, -0.15) is 0 Å². The van der Waals surface area contributed by atoms with E-state index in [1.54, 1.807) is 0 Å². The number of aromatic amines is 1.